The second-order valence-electron chi connectivity index (χ2n) is 6.37. The van der Waals surface area contributed by atoms with Gasteiger partial charge < -0.3 is 5.11 Å². The minimum Gasteiger partial charge on any atom is -0.478 e. The zero-order valence-electron chi connectivity index (χ0n) is 14.0. The van der Waals surface area contributed by atoms with Crippen LogP contribution in [0.4, 0.5) is 0 Å². The smallest absolute Gasteiger partial charge is 0.335 e. The lowest BCUT2D eigenvalue weighted by atomic mass is 9.96. The van der Waals surface area contributed by atoms with Crippen molar-refractivity contribution in [1.82, 2.24) is 4.90 Å². The summed E-state index contributed by atoms with van der Waals surface area (Å²) in [6.45, 7) is 5.34. The molecule has 1 saturated heterocycles. The van der Waals surface area contributed by atoms with E-state index in [1.165, 1.54) is 29.5 Å². The van der Waals surface area contributed by atoms with Gasteiger partial charge in [-0.05, 0) is 61.7 Å². The Morgan fingerprint density at radius 1 is 0.958 bits per heavy atom. The number of nitrogens with zero attached hydrogens (tertiary/aromatic N) is 1. The Kier molecular flexibility index (Phi) is 5.11. The highest BCUT2D eigenvalue weighted by atomic mass is 16.4. The molecule has 124 valence electrons. The largest absolute Gasteiger partial charge is 0.478 e. The van der Waals surface area contributed by atoms with Crippen molar-refractivity contribution in [2.24, 2.45) is 0 Å². The number of rotatable bonds is 5. The van der Waals surface area contributed by atoms with E-state index in [2.05, 4.69) is 42.2 Å². The van der Waals surface area contributed by atoms with Gasteiger partial charge in [-0.3, -0.25) is 4.90 Å². The highest BCUT2D eigenvalue weighted by Crippen LogP contribution is 2.25. The third-order valence-electron chi connectivity index (χ3n) is 4.56. The molecule has 0 bridgehead atoms. The normalized spacial score (nSPS) is 15.6. The van der Waals surface area contributed by atoms with E-state index in [1.54, 1.807) is 12.1 Å². The SMILES string of the molecule is Cc1ccc(C(=CCN2CCCC2)c2ccc(C(=O)O)cc2)cc1. The molecule has 1 fully saturated rings. The Balaban J connectivity index is 1.92. The van der Waals surface area contributed by atoms with Gasteiger partial charge in [0.05, 0.1) is 5.56 Å². The number of hydrogen-bond donors (Lipinski definition) is 1. The summed E-state index contributed by atoms with van der Waals surface area (Å²) in [5, 5.41) is 9.09. The van der Waals surface area contributed by atoms with Gasteiger partial charge in [0.1, 0.15) is 0 Å². The first-order valence-electron chi connectivity index (χ1n) is 8.47. The van der Waals surface area contributed by atoms with E-state index in [0.29, 0.717) is 5.56 Å². The van der Waals surface area contributed by atoms with Crippen LogP contribution in [0, 0.1) is 6.92 Å². The van der Waals surface area contributed by atoms with Crippen LogP contribution in [0.3, 0.4) is 0 Å². The molecule has 3 nitrogen and oxygen atoms in total. The van der Waals surface area contributed by atoms with Crippen LogP contribution in [0.15, 0.2) is 54.6 Å². The second-order valence-corrected chi connectivity index (χ2v) is 6.37. The summed E-state index contributed by atoms with van der Waals surface area (Å²) in [7, 11) is 0. The highest BCUT2D eigenvalue weighted by molar-refractivity contribution is 5.89. The second kappa shape index (κ2) is 7.45. The molecular weight excluding hydrogens is 298 g/mol. The summed E-state index contributed by atoms with van der Waals surface area (Å²) >= 11 is 0. The lowest BCUT2D eigenvalue weighted by Gasteiger charge is -2.15. The molecule has 2 aromatic carbocycles. The Hall–Kier alpha value is -2.39. The Morgan fingerprint density at radius 2 is 1.46 bits per heavy atom. The van der Waals surface area contributed by atoms with E-state index >= 15 is 0 Å². The molecule has 0 aliphatic carbocycles. The minimum atomic E-state index is -0.889. The molecule has 0 amide bonds. The molecular formula is C21H23NO2. The fourth-order valence-corrected chi connectivity index (χ4v) is 3.11. The van der Waals surface area contributed by atoms with Crippen LogP contribution in [-0.2, 0) is 0 Å². The zero-order valence-corrected chi connectivity index (χ0v) is 14.0. The van der Waals surface area contributed by atoms with Gasteiger partial charge in [-0.2, -0.15) is 0 Å². The van der Waals surface area contributed by atoms with Crippen molar-refractivity contribution < 1.29 is 9.90 Å². The van der Waals surface area contributed by atoms with Crippen LogP contribution in [0.5, 0.6) is 0 Å². The average molecular weight is 321 g/mol. The highest BCUT2D eigenvalue weighted by Gasteiger charge is 2.12. The van der Waals surface area contributed by atoms with Gasteiger partial charge in [0.25, 0.3) is 0 Å². The number of benzene rings is 2. The van der Waals surface area contributed by atoms with E-state index in [4.69, 9.17) is 5.11 Å². The molecule has 3 rings (SSSR count). The molecule has 0 spiro atoms. The molecule has 3 heteroatoms. The van der Waals surface area contributed by atoms with Crippen molar-refractivity contribution in [3.05, 3.63) is 76.9 Å². The number of likely N-dealkylation sites (tertiary alicyclic amines) is 1. The maximum atomic E-state index is 11.1. The fourth-order valence-electron chi connectivity index (χ4n) is 3.11. The van der Waals surface area contributed by atoms with Crippen molar-refractivity contribution in [2.75, 3.05) is 19.6 Å². The van der Waals surface area contributed by atoms with E-state index < -0.39 is 5.97 Å². The summed E-state index contributed by atoms with van der Waals surface area (Å²) in [6, 6.07) is 15.7. The number of carboxylic acid groups (broad SMARTS) is 1. The number of aryl methyl sites for hydroxylation is 1. The molecule has 0 radical (unpaired) electrons. The summed E-state index contributed by atoms with van der Waals surface area (Å²) in [4.78, 5) is 13.5. The van der Waals surface area contributed by atoms with Gasteiger partial charge in [-0.15, -0.1) is 0 Å². The van der Waals surface area contributed by atoms with E-state index in [-0.39, 0.29) is 0 Å². The first-order valence-corrected chi connectivity index (χ1v) is 8.47. The van der Waals surface area contributed by atoms with Crippen LogP contribution in [-0.4, -0.2) is 35.6 Å². The number of carbonyl (C=O) groups is 1. The lowest BCUT2D eigenvalue weighted by Crippen LogP contribution is -2.19. The van der Waals surface area contributed by atoms with Crippen LogP contribution < -0.4 is 0 Å². The summed E-state index contributed by atoms with van der Waals surface area (Å²) in [5.74, 6) is -0.889. The predicted molar refractivity (Wildman–Crippen MR) is 97.3 cm³/mol. The first kappa shape index (κ1) is 16.5. The Morgan fingerprint density at radius 3 is 2.00 bits per heavy atom. The number of hydrogen-bond acceptors (Lipinski definition) is 2. The van der Waals surface area contributed by atoms with Gasteiger partial charge in [0.15, 0.2) is 0 Å². The van der Waals surface area contributed by atoms with E-state index in [0.717, 1.165) is 25.2 Å². The van der Waals surface area contributed by atoms with Crippen molar-refractivity contribution in [3.63, 3.8) is 0 Å². The monoisotopic (exact) mass is 321 g/mol. The molecule has 0 saturated carbocycles. The van der Waals surface area contributed by atoms with E-state index in [9.17, 15) is 4.79 Å². The predicted octanol–water partition coefficient (Wildman–Crippen LogP) is 4.22. The van der Waals surface area contributed by atoms with E-state index in [1.807, 2.05) is 12.1 Å². The Labute approximate surface area is 143 Å². The molecule has 0 atom stereocenters. The standard InChI is InChI=1S/C21H23NO2/c1-16-4-6-17(7-5-16)20(12-15-22-13-2-3-14-22)18-8-10-19(11-9-18)21(23)24/h4-12H,2-3,13-15H2,1H3,(H,23,24). The van der Waals surface area contributed by atoms with Gasteiger partial charge in [0.2, 0.25) is 0 Å². The lowest BCUT2D eigenvalue weighted by molar-refractivity contribution is 0.0697. The fraction of sp³-hybridized carbons (Fsp3) is 0.286. The molecule has 2 aromatic rings. The van der Waals surface area contributed by atoms with Gasteiger partial charge in [-0.1, -0.05) is 48.0 Å². The van der Waals surface area contributed by atoms with Crippen molar-refractivity contribution in [3.8, 4) is 0 Å². The Bertz CT molecular complexity index is 723. The first-order chi connectivity index (χ1) is 11.6. The van der Waals surface area contributed by atoms with Gasteiger partial charge >= 0.3 is 5.97 Å². The summed E-state index contributed by atoms with van der Waals surface area (Å²) in [6.07, 6.45) is 4.83. The number of carboxylic acids is 1. The molecule has 0 aromatic heterocycles. The van der Waals surface area contributed by atoms with Gasteiger partial charge in [-0.25, -0.2) is 4.79 Å². The molecule has 24 heavy (non-hydrogen) atoms. The average Bonchev–Trinajstić information content (AvgIpc) is 3.10. The summed E-state index contributed by atoms with van der Waals surface area (Å²) < 4.78 is 0. The molecule has 1 heterocycles. The molecule has 1 aliphatic heterocycles. The third-order valence-corrected chi connectivity index (χ3v) is 4.56. The van der Waals surface area contributed by atoms with Crippen molar-refractivity contribution in [2.45, 2.75) is 19.8 Å². The van der Waals surface area contributed by atoms with Crippen LogP contribution in [0.1, 0.15) is 39.9 Å². The maximum Gasteiger partial charge on any atom is 0.335 e. The van der Waals surface area contributed by atoms with Crippen molar-refractivity contribution >= 4 is 11.5 Å². The van der Waals surface area contributed by atoms with Gasteiger partial charge in [0, 0.05) is 6.54 Å². The third kappa shape index (κ3) is 3.92. The number of aromatic carboxylic acids is 1. The zero-order chi connectivity index (χ0) is 16.9. The molecule has 0 unspecified atom stereocenters. The quantitative estimate of drug-likeness (QED) is 0.896. The topological polar surface area (TPSA) is 40.5 Å². The minimum absolute atomic E-state index is 0.321. The van der Waals surface area contributed by atoms with Crippen LogP contribution in [0.25, 0.3) is 5.57 Å². The summed E-state index contributed by atoms with van der Waals surface area (Å²) in [5.41, 5.74) is 4.95. The van der Waals surface area contributed by atoms with Crippen LogP contribution in [0.2, 0.25) is 0 Å². The maximum absolute atomic E-state index is 11.1. The van der Waals surface area contributed by atoms with Crippen LogP contribution >= 0.6 is 0 Å². The van der Waals surface area contributed by atoms with Crippen molar-refractivity contribution in [1.29, 1.82) is 0 Å². The molecule has 1 N–H and O–H groups in total. The molecule has 1 aliphatic rings.